The number of aliphatic hydroxyl groups is 1. The normalized spacial score (nSPS) is 11.8. The predicted octanol–water partition coefficient (Wildman–Crippen LogP) is -0.222. The number of urea groups is 1. The maximum atomic E-state index is 11.3. The van der Waals surface area contributed by atoms with Crippen molar-refractivity contribution in [3.63, 3.8) is 0 Å². The van der Waals surface area contributed by atoms with Crippen LogP contribution in [0.15, 0.2) is 10.9 Å². The zero-order valence-corrected chi connectivity index (χ0v) is 9.74. The predicted molar refractivity (Wildman–Crippen MR) is 60.6 cm³/mol. The maximum Gasteiger partial charge on any atom is 0.326 e. The largest absolute Gasteiger partial charge is 0.480 e. The highest BCUT2D eigenvalue weighted by Gasteiger charge is 2.18. The number of nitrogens with one attached hydrogen (secondary N) is 2. The molecule has 1 heterocycles. The molecule has 1 rings (SSSR count). The second-order valence-electron chi connectivity index (χ2n) is 3.21. The highest BCUT2D eigenvalue weighted by atomic mass is 32.1. The van der Waals surface area contributed by atoms with Gasteiger partial charge in [0.25, 0.3) is 0 Å². The van der Waals surface area contributed by atoms with Gasteiger partial charge >= 0.3 is 12.0 Å². The number of amides is 2. The van der Waals surface area contributed by atoms with E-state index in [4.69, 9.17) is 10.2 Å². The summed E-state index contributed by atoms with van der Waals surface area (Å²) in [6.45, 7) is -0.0653. The first-order valence-corrected chi connectivity index (χ1v) is 5.83. The number of carbonyl (C=O) groups is 2. The Morgan fingerprint density at radius 2 is 2.29 bits per heavy atom. The minimum Gasteiger partial charge on any atom is -0.480 e. The minimum absolute atomic E-state index is 0.0283. The Morgan fingerprint density at radius 1 is 1.53 bits per heavy atom. The van der Waals surface area contributed by atoms with Crippen molar-refractivity contribution in [1.29, 1.82) is 0 Å². The number of nitrogens with zero attached hydrogens (tertiary/aromatic N) is 1. The van der Waals surface area contributed by atoms with Gasteiger partial charge in [0.15, 0.2) is 0 Å². The molecule has 2 amide bonds. The van der Waals surface area contributed by atoms with Crippen molar-refractivity contribution in [3.05, 3.63) is 16.6 Å². The molecule has 0 saturated heterocycles. The number of aliphatic carboxylic acids is 1. The Balaban J connectivity index is 2.34. The first-order chi connectivity index (χ1) is 8.13. The summed E-state index contributed by atoms with van der Waals surface area (Å²) in [6.07, 6.45) is -0.0283. The van der Waals surface area contributed by atoms with Gasteiger partial charge in [-0.3, -0.25) is 0 Å². The molecule has 0 aliphatic heterocycles. The fourth-order valence-corrected chi connectivity index (χ4v) is 1.65. The second kappa shape index (κ2) is 6.81. The molecule has 1 aromatic rings. The molecule has 0 saturated carbocycles. The summed E-state index contributed by atoms with van der Waals surface area (Å²) in [5, 5.41) is 23.9. The van der Waals surface area contributed by atoms with Crippen molar-refractivity contribution in [2.45, 2.75) is 19.0 Å². The number of carbonyl (C=O) groups excluding carboxylic acids is 1. The number of hydrogen-bond acceptors (Lipinski definition) is 5. The molecule has 0 radical (unpaired) electrons. The topological polar surface area (TPSA) is 112 Å². The second-order valence-corrected chi connectivity index (χ2v) is 3.93. The summed E-state index contributed by atoms with van der Waals surface area (Å²) in [6, 6.07) is -1.69. The lowest BCUT2D eigenvalue weighted by molar-refractivity contribution is -0.139. The van der Waals surface area contributed by atoms with Gasteiger partial charge in [0.05, 0.1) is 17.7 Å². The SMILES string of the molecule is O=C(NCc1cscn1)NC(CCO)C(=O)O. The highest BCUT2D eigenvalue weighted by Crippen LogP contribution is 1.99. The van der Waals surface area contributed by atoms with E-state index in [1.807, 2.05) is 0 Å². The van der Waals surface area contributed by atoms with Gasteiger partial charge in [-0.1, -0.05) is 0 Å². The van der Waals surface area contributed by atoms with Crippen LogP contribution in [0.2, 0.25) is 0 Å². The summed E-state index contributed by atoms with van der Waals surface area (Å²) < 4.78 is 0. The van der Waals surface area contributed by atoms with Gasteiger partial charge in [-0.15, -0.1) is 11.3 Å². The Morgan fingerprint density at radius 3 is 2.82 bits per heavy atom. The van der Waals surface area contributed by atoms with Crippen molar-refractivity contribution in [2.24, 2.45) is 0 Å². The number of thiazole rings is 1. The maximum absolute atomic E-state index is 11.3. The molecular weight excluding hydrogens is 246 g/mol. The third kappa shape index (κ3) is 4.79. The summed E-state index contributed by atoms with van der Waals surface area (Å²) in [7, 11) is 0. The van der Waals surface area contributed by atoms with Crippen LogP contribution in [0.5, 0.6) is 0 Å². The molecule has 0 bridgehead atoms. The van der Waals surface area contributed by atoms with Crippen LogP contribution in [0, 0.1) is 0 Å². The van der Waals surface area contributed by atoms with E-state index in [0.29, 0.717) is 5.69 Å². The van der Waals surface area contributed by atoms with Gasteiger partial charge in [0, 0.05) is 18.4 Å². The Bertz CT molecular complexity index is 368. The van der Waals surface area contributed by atoms with E-state index < -0.39 is 18.0 Å². The molecule has 0 spiro atoms. The molecule has 1 unspecified atom stereocenters. The Labute approximate surface area is 101 Å². The number of aromatic nitrogens is 1. The van der Waals surface area contributed by atoms with Crippen LogP contribution >= 0.6 is 11.3 Å². The third-order valence-corrected chi connectivity index (χ3v) is 2.57. The average molecular weight is 259 g/mol. The lowest BCUT2D eigenvalue weighted by Crippen LogP contribution is -2.46. The van der Waals surface area contributed by atoms with Crippen molar-refractivity contribution < 1.29 is 19.8 Å². The van der Waals surface area contributed by atoms with Crippen molar-refractivity contribution in [2.75, 3.05) is 6.61 Å². The quantitative estimate of drug-likeness (QED) is 0.564. The van der Waals surface area contributed by atoms with Gasteiger partial charge in [0.2, 0.25) is 0 Å². The molecule has 0 fully saturated rings. The minimum atomic E-state index is -1.18. The number of carboxylic acid groups (broad SMARTS) is 1. The van der Waals surface area contributed by atoms with Crippen molar-refractivity contribution in [3.8, 4) is 0 Å². The molecule has 1 atom stereocenters. The lowest BCUT2D eigenvalue weighted by Gasteiger charge is -2.13. The van der Waals surface area contributed by atoms with Gasteiger partial charge < -0.3 is 20.8 Å². The molecule has 8 heteroatoms. The number of rotatable bonds is 6. The van der Waals surface area contributed by atoms with Gasteiger partial charge in [-0.25, -0.2) is 14.6 Å². The lowest BCUT2D eigenvalue weighted by atomic mass is 10.2. The first kappa shape index (κ1) is 13.4. The van der Waals surface area contributed by atoms with Crippen LogP contribution in [0.4, 0.5) is 4.79 Å². The molecule has 0 aliphatic rings. The molecule has 94 valence electrons. The fraction of sp³-hybridized carbons (Fsp3) is 0.444. The van der Waals surface area contributed by atoms with Crippen molar-refractivity contribution in [1.82, 2.24) is 15.6 Å². The number of carboxylic acids is 1. The number of aliphatic hydroxyl groups excluding tert-OH is 1. The van der Waals surface area contributed by atoms with E-state index >= 15 is 0 Å². The van der Waals surface area contributed by atoms with Crippen molar-refractivity contribution >= 4 is 23.3 Å². The average Bonchev–Trinajstić information content (AvgIpc) is 2.78. The van der Waals surface area contributed by atoms with Crippen LogP contribution in [-0.4, -0.2) is 39.8 Å². The Hall–Kier alpha value is -1.67. The van der Waals surface area contributed by atoms with E-state index in [0.717, 1.165) is 0 Å². The van der Waals surface area contributed by atoms with Gasteiger partial charge in [-0.2, -0.15) is 0 Å². The molecule has 1 aromatic heterocycles. The monoisotopic (exact) mass is 259 g/mol. The molecule has 0 aromatic carbocycles. The van der Waals surface area contributed by atoms with Crippen LogP contribution in [-0.2, 0) is 11.3 Å². The molecular formula is C9H13N3O4S. The van der Waals surface area contributed by atoms with E-state index in [1.54, 1.807) is 10.9 Å². The molecule has 17 heavy (non-hydrogen) atoms. The first-order valence-electron chi connectivity index (χ1n) is 4.88. The zero-order chi connectivity index (χ0) is 12.7. The van der Waals surface area contributed by atoms with E-state index in [9.17, 15) is 9.59 Å². The zero-order valence-electron chi connectivity index (χ0n) is 8.92. The summed E-state index contributed by atoms with van der Waals surface area (Å²) in [5.41, 5.74) is 2.35. The van der Waals surface area contributed by atoms with E-state index in [1.165, 1.54) is 11.3 Å². The standard InChI is InChI=1S/C9H13N3O4S/c13-2-1-7(8(14)15)12-9(16)10-3-6-4-17-5-11-6/h4-5,7,13H,1-3H2,(H,14,15)(H2,10,12,16). The van der Waals surface area contributed by atoms with E-state index in [2.05, 4.69) is 15.6 Å². The van der Waals surface area contributed by atoms with E-state index in [-0.39, 0.29) is 19.6 Å². The summed E-state index contributed by atoms with van der Waals surface area (Å²) >= 11 is 1.41. The van der Waals surface area contributed by atoms with Gasteiger partial charge in [0.1, 0.15) is 6.04 Å². The van der Waals surface area contributed by atoms with Crippen LogP contribution in [0.1, 0.15) is 12.1 Å². The molecule has 0 aliphatic carbocycles. The third-order valence-electron chi connectivity index (χ3n) is 1.93. The van der Waals surface area contributed by atoms with Crippen LogP contribution < -0.4 is 10.6 Å². The highest BCUT2D eigenvalue weighted by molar-refractivity contribution is 7.07. The van der Waals surface area contributed by atoms with Gasteiger partial charge in [-0.05, 0) is 0 Å². The molecule has 7 nitrogen and oxygen atoms in total. The van der Waals surface area contributed by atoms with Crippen LogP contribution in [0.3, 0.4) is 0 Å². The summed E-state index contributed by atoms with van der Waals surface area (Å²) in [4.78, 5) is 26.0. The Kier molecular flexibility index (Phi) is 5.37. The summed E-state index contributed by atoms with van der Waals surface area (Å²) in [5.74, 6) is -1.18. The molecule has 4 N–H and O–H groups in total. The number of hydrogen-bond donors (Lipinski definition) is 4. The fourth-order valence-electron chi connectivity index (χ4n) is 1.09. The van der Waals surface area contributed by atoms with Crippen LogP contribution in [0.25, 0.3) is 0 Å². The smallest absolute Gasteiger partial charge is 0.326 e.